The van der Waals surface area contributed by atoms with Gasteiger partial charge in [0.25, 0.3) is 0 Å². The highest BCUT2D eigenvalue weighted by Gasteiger charge is 2.63. The second-order valence-electron chi connectivity index (χ2n) is 7.46. The highest BCUT2D eigenvalue weighted by atomic mass is 16.6. The van der Waals surface area contributed by atoms with Crippen LogP contribution in [-0.4, -0.2) is 32.1 Å². The fraction of sp³-hybridized carbons (Fsp3) is 0.208. The Hall–Kier alpha value is -4.07. The van der Waals surface area contributed by atoms with Crippen molar-refractivity contribution < 1.29 is 28.6 Å². The van der Waals surface area contributed by atoms with Crippen LogP contribution in [0.4, 0.5) is 5.69 Å². The molecule has 1 atom stereocenters. The van der Waals surface area contributed by atoms with Crippen LogP contribution in [0.3, 0.4) is 0 Å². The lowest BCUT2D eigenvalue weighted by Gasteiger charge is -2.39. The molecule has 0 saturated heterocycles. The van der Waals surface area contributed by atoms with E-state index >= 15 is 0 Å². The summed E-state index contributed by atoms with van der Waals surface area (Å²) in [6.07, 6.45) is 0. The van der Waals surface area contributed by atoms with Gasteiger partial charge in [-0.15, -0.1) is 0 Å². The number of cyclic esters (lactones) is 1. The predicted molar refractivity (Wildman–Crippen MR) is 115 cm³/mol. The Kier molecular flexibility index (Phi) is 5.22. The Balaban J connectivity index is 1.91. The second-order valence-corrected chi connectivity index (χ2v) is 7.46. The molecule has 0 aromatic heterocycles. The Morgan fingerprint density at radius 1 is 1.03 bits per heavy atom. The quantitative estimate of drug-likeness (QED) is 0.577. The molecule has 164 valence electrons. The van der Waals surface area contributed by atoms with Gasteiger partial charge in [0.1, 0.15) is 29.3 Å². The van der Waals surface area contributed by atoms with E-state index in [2.05, 4.69) is 0 Å². The van der Waals surface area contributed by atoms with Crippen molar-refractivity contribution in [2.24, 2.45) is 5.73 Å². The molecule has 2 N–H and O–H groups in total. The molecule has 1 spiro atoms. The van der Waals surface area contributed by atoms with Gasteiger partial charge in [0.15, 0.2) is 5.41 Å². The SMILES string of the molecule is COC(=O)C1=C(N)N(C)c2ccccc2[C@]12C(=O)OC(C)=C2C(=O)OCc1ccccc1. The van der Waals surface area contributed by atoms with Crippen molar-refractivity contribution in [3.63, 3.8) is 0 Å². The molecule has 0 amide bonds. The van der Waals surface area contributed by atoms with Gasteiger partial charge in [-0.3, -0.25) is 0 Å². The fourth-order valence-corrected chi connectivity index (χ4v) is 4.26. The Bertz CT molecular complexity index is 1180. The van der Waals surface area contributed by atoms with Crippen molar-refractivity contribution in [2.75, 3.05) is 19.1 Å². The molecule has 0 saturated carbocycles. The first-order valence-corrected chi connectivity index (χ1v) is 9.90. The largest absolute Gasteiger partial charge is 0.466 e. The van der Waals surface area contributed by atoms with Crippen molar-refractivity contribution >= 4 is 23.6 Å². The standard InChI is InChI=1S/C24H22N2O6/c1-14-18(22(28)31-13-15-9-5-4-6-10-15)24(23(29)32-14)16-11-7-8-12-17(16)26(2)20(25)19(24)21(27)30-3/h4-12H,13,25H2,1-3H3/t24-/m1/s1. The zero-order valence-corrected chi connectivity index (χ0v) is 17.9. The van der Waals surface area contributed by atoms with Crippen molar-refractivity contribution in [1.82, 2.24) is 0 Å². The molecule has 2 aromatic rings. The lowest BCUT2D eigenvalue weighted by atomic mass is 9.66. The van der Waals surface area contributed by atoms with E-state index in [9.17, 15) is 14.4 Å². The Morgan fingerprint density at radius 2 is 1.69 bits per heavy atom. The molecule has 32 heavy (non-hydrogen) atoms. The van der Waals surface area contributed by atoms with Crippen LogP contribution < -0.4 is 10.6 Å². The molecule has 2 aliphatic heterocycles. The van der Waals surface area contributed by atoms with Crippen LogP contribution >= 0.6 is 0 Å². The number of nitrogens with two attached hydrogens (primary N) is 1. The van der Waals surface area contributed by atoms with E-state index in [0.29, 0.717) is 11.3 Å². The van der Waals surface area contributed by atoms with E-state index in [1.165, 1.54) is 14.0 Å². The van der Waals surface area contributed by atoms with E-state index in [1.54, 1.807) is 36.2 Å². The number of carbonyl (C=O) groups excluding carboxylic acids is 3. The highest BCUT2D eigenvalue weighted by Crippen LogP contribution is 2.53. The number of rotatable bonds is 4. The summed E-state index contributed by atoms with van der Waals surface area (Å²) in [6, 6.07) is 16.0. The van der Waals surface area contributed by atoms with Crippen molar-refractivity contribution in [2.45, 2.75) is 18.9 Å². The van der Waals surface area contributed by atoms with Crippen molar-refractivity contribution in [3.8, 4) is 0 Å². The molecule has 0 aliphatic carbocycles. The number of hydrogen-bond acceptors (Lipinski definition) is 8. The number of carbonyl (C=O) groups is 3. The first-order valence-electron chi connectivity index (χ1n) is 9.90. The average Bonchev–Trinajstić information content (AvgIpc) is 3.06. The van der Waals surface area contributed by atoms with E-state index in [1.807, 2.05) is 30.3 Å². The van der Waals surface area contributed by atoms with Gasteiger partial charge in [-0.25, -0.2) is 14.4 Å². The van der Waals surface area contributed by atoms with Gasteiger partial charge in [-0.1, -0.05) is 48.5 Å². The van der Waals surface area contributed by atoms with Crippen LogP contribution in [0.25, 0.3) is 0 Å². The van der Waals surface area contributed by atoms with Gasteiger partial charge in [0.05, 0.1) is 7.11 Å². The number of methoxy groups -OCH3 is 1. The van der Waals surface area contributed by atoms with Crippen molar-refractivity contribution in [3.05, 3.63) is 88.5 Å². The zero-order valence-electron chi connectivity index (χ0n) is 17.9. The van der Waals surface area contributed by atoms with Crippen LogP contribution in [-0.2, 0) is 40.6 Å². The first-order chi connectivity index (χ1) is 15.3. The number of esters is 3. The van der Waals surface area contributed by atoms with Gasteiger partial charge in [-0.05, 0) is 18.6 Å². The minimum Gasteiger partial charge on any atom is -0.466 e. The third-order valence-corrected chi connectivity index (χ3v) is 5.75. The molecule has 0 unspecified atom stereocenters. The van der Waals surface area contributed by atoms with Gasteiger partial charge in [0.2, 0.25) is 0 Å². The molecular formula is C24H22N2O6. The average molecular weight is 434 g/mol. The lowest BCUT2D eigenvalue weighted by molar-refractivity contribution is -0.146. The highest BCUT2D eigenvalue weighted by molar-refractivity contribution is 6.16. The Labute approximate surface area is 184 Å². The molecule has 4 rings (SSSR count). The fourth-order valence-electron chi connectivity index (χ4n) is 4.26. The number of anilines is 1. The minimum absolute atomic E-state index is 0.0180. The van der Waals surface area contributed by atoms with Gasteiger partial charge >= 0.3 is 17.9 Å². The summed E-state index contributed by atoms with van der Waals surface area (Å²) in [4.78, 5) is 41.3. The van der Waals surface area contributed by atoms with E-state index in [0.717, 1.165) is 5.56 Å². The van der Waals surface area contributed by atoms with Gasteiger partial charge in [0, 0.05) is 18.3 Å². The summed E-state index contributed by atoms with van der Waals surface area (Å²) >= 11 is 0. The molecule has 2 heterocycles. The summed E-state index contributed by atoms with van der Waals surface area (Å²) in [5.74, 6) is -2.42. The molecular weight excluding hydrogens is 412 g/mol. The number of para-hydroxylation sites is 1. The molecule has 8 heteroatoms. The number of hydrogen-bond donors (Lipinski definition) is 1. The van der Waals surface area contributed by atoms with Crippen LogP contribution in [0.2, 0.25) is 0 Å². The van der Waals surface area contributed by atoms with Crippen LogP contribution in [0.1, 0.15) is 18.1 Å². The van der Waals surface area contributed by atoms with Crippen molar-refractivity contribution in [1.29, 1.82) is 0 Å². The third kappa shape index (κ3) is 2.95. The van der Waals surface area contributed by atoms with Crippen LogP contribution in [0.5, 0.6) is 0 Å². The molecule has 8 nitrogen and oxygen atoms in total. The summed E-state index contributed by atoms with van der Waals surface area (Å²) in [6.45, 7) is 1.47. The number of nitrogens with zero attached hydrogens (tertiary/aromatic N) is 1. The van der Waals surface area contributed by atoms with Crippen LogP contribution in [0, 0.1) is 0 Å². The second kappa shape index (κ2) is 7.88. The molecule has 2 aromatic carbocycles. The molecule has 2 aliphatic rings. The Morgan fingerprint density at radius 3 is 2.38 bits per heavy atom. The summed E-state index contributed by atoms with van der Waals surface area (Å²) in [5.41, 5.74) is 5.84. The number of allylic oxidation sites excluding steroid dienone is 1. The smallest absolute Gasteiger partial charge is 0.339 e. The minimum atomic E-state index is -1.90. The third-order valence-electron chi connectivity index (χ3n) is 5.75. The monoisotopic (exact) mass is 434 g/mol. The zero-order chi connectivity index (χ0) is 23.0. The summed E-state index contributed by atoms with van der Waals surface area (Å²) in [5, 5.41) is 0. The summed E-state index contributed by atoms with van der Waals surface area (Å²) in [7, 11) is 2.84. The first kappa shape index (κ1) is 21.2. The van der Waals surface area contributed by atoms with E-state index in [4.69, 9.17) is 19.9 Å². The van der Waals surface area contributed by atoms with Crippen LogP contribution in [0.15, 0.2) is 77.3 Å². The van der Waals surface area contributed by atoms with E-state index < -0.39 is 23.3 Å². The number of ether oxygens (including phenoxy) is 3. The topological polar surface area (TPSA) is 108 Å². The van der Waals surface area contributed by atoms with Gasteiger partial charge in [-0.2, -0.15) is 0 Å². The van der Waals surface area contributed by atoms with E-state index in [-0.39, 0.29) is 29.3 Å². The van der Waals surface area contributed by atoms with Gasteiger partial charge < -0.3 is 24.8 Å². The maximum absolute atomic E-state index is 13.4. The molecule has 0 bridgehead atoms. The number of fused-ring (bicyclic) bond motifs is 2. The summed E-state index contributed by atoms with van der Waals surface area (Å²) < 4.78 is 15.9. The normalized spacial score (nSPS) is 19.7. The maximum atomic E-state index is 13.4. The number of benzene rings is 2. The molecule has 0 radical (unpaired) electrons. The predicted octanol–water partition coefficient (Wildman–Crippen LogP) is 2.29. The molecule has 0 fully saturated rings. The maximum Gasteiger partial charge on any atom is 0.339 e. The lowest BCUT2D eigenvalue weighted by Crippen LogP contribution is -2.49.